The quantitative estimate of drug-likeness (QED) is 0.353. The highest BCUT2D eigenvalue weighted by Crippen LogP contribution is 2.14. The molecule has 0 bridgehead atoms. The number of nitriles is 1. The van der Waals surface area contributed by atoms with Gasteiger partial charge in [-0.1, -0.05) is 23.4 Å². The Balaban J connectivity index is 2.97. The van der Waals surface area contributed by atoms with Crippen molar-refractivity contribution in [1.29, 1.82) is 5.26 Å². The second-order valence-electron chi connectivity index (χ2n) is 1.51. The van der Waals surface area contributed by atoms with E-state index in [1.807, 2.05) is 12.2 Å². The van der Waals surface area contributed by atoms with E-state index in [1.165, 1.54) is 0 Å². The topological polar surface area (TPSA) is 23.8 Å². The Bertz CT molecular complexity index is 117. The predicted molar refractivity (Wildman–Crippen MR) is 43.0 cm³/mol. The number of hydrogen-bond acceptors (Lipinski definition) is 1. The van der Waals surface area contributed by atoms with Gasteiger partial charge in [0.2, 0.25) is 0 Å². The highest BCUT2D eigenvalue weighted by atomic mass is 35.7. The van der Waals surface area contributed by atoms with Crippen LogP contribution in [0.4, 0.5) is 0 Å². The lowest BCUT2D eigenvalue weighted by Crippen LogP contribution is -1.64. The zero-order chi connectivity index (χ0) is 6.95. The maximum Gasteiger partial charge on any atom is 0.0624 e. The smallest absolute Gasteiger partial charge is 0.0624 e. The van der Waals surface area contributed by atoms with Crippen molar-refractivity contribution in [3.63, 3.8) is 0 Å². The Morgan fingerprint density at radius 1 is 1.56 bits per heavy atom. The molecule has 1 unspecified atom stereocenters. The van der Waals surface area contributed by atoms with Gasteiger partial charge in [-0.15, -0.1) is 0 Å². The van der Waals surface area contributed by atoms with Crippen molar-refractivity contribution in [3.8, 4) is 6.07 Å². The fraction of sp³-hybridized carbons (Fsp3) is 0.500. The molecule has 0 saturated heterocycles. The van der Waals surface area contributed by atoms with Gasteiger partial charge in [0.05, 0.1) is 6.07 Å². The minimum atomic E-state index is 0.472. The summed E-state index contributed by atoms with van der Waals surface area (Å²) in [5.41, 5.74) is 0. The molecule has 1 nitrogen and oxygen atoms in total. The molecule has 9 heavy (non-hydrogen) atoms. The summed E-state index contributed by atoms with van der Waals surface area (Å²) < 4.78 is 0. The Hall–Kier alpha value is -0.0500. The Labute approximate surface area is 62.3 Å². The van der Waals surface area contributed by atoms with Crippen LogP contribution in [0.2, 0.25) is 0 Å². The third-order valence-electron chi connectivity index (χ3n) is 0.784. The van der Waals surface area contributed by atoms with Crippen LogP contribution in [-0.2, 0) is 0 Å². The lowest BCUT2D eigenvalue weighted by Gasteiger charge is -1.81. The number of unbranched alkanes of at least 4 members (excludes halogenated alkanes) is 1. The fourth-order valence-electron chi connectivity index (χ4n) is 0.394. The van der Waals surface area contributed by atoms with E-state index in [0.717, 1.165) is 12.6 Å². The van der Waals surface area contributed by atoms with Crippen molar-refractivity contribution in [2.24, 2.45) is 0 Å². The average Bonchev–Trinajstić information content (AvgIpc) is 1.89. The van der Waals surface area contributed by atoms with Gasteiger partial charge < -0.3 is 0 Å². The Morgan fingerprint density at radius 3 is 2.89 bits per heavy atom. The van der Waals surface area contributed by atoms with Crippen molar-refractivity contribution < 1.29 is 0 Å². The number of rotatable bonds is 4. The van der Waals surface area contributed by atoms with Gasteiger partial charge in [0.1, 0.15) is 0 Å². The molecule has 0 aromatic rings. The van der Waals surface area contributed by atoms with Crippen LogP contribution in [0.15, 0.2) is 12.2 Å². The van der Waals surface area contributed by atoms with Gasteiger partial charge in [0, 0.05) is 6.42 Å². The second-order valence-corrected chi connectivity index (χ2v) is 2.98. The van der Waals surface area contributed by atoms with E-state index < -0.39 is 0 Å². The van der Waals surface area contributed by atoms with Gasteiger partial charge in [0.15, 0.2) is 0 Å². The number of hydrogen-bond donors (Lipinski definition) is 0. The molecule has 1 atom stereocenters. The molecule has 0 aliphatic carbocycles. The maximum absolute atomic E-state index is 8.11. The van der Waals surface area contributed by atoms with Crippen LogP contribution in [-0.4, -0.2) is 6.16 Å². The first kappa shape index (κ1) is 8.95. The van der Waals surface area contributed by atoms with E-state index in [2.05, 4.69) is 6.07 Å². The molecule has 0 amide bonds. The SMILES string of the molecule is N#CCCC=CCPCl. The van der Waals surface area contributed by atoms with Crippen LogP contribution >= 0.6 is 19.2 Å². The molecule has 3 heteroatoms. The maximum atomic E-state index is 8.11. The van der Waals surface area contributed by atoms with E-state index >= 15 is 0 Å². The van der Waals surface area contributed by atoms with Gasteiger partial charge in [-0.25, -0.2) is 0 Å². The molecule has 0 aliphatic rings. The fourth-order valence-corrected chi connectivity index (χ4v) is 0.917. The van der Waals surface area contributed by atoms with Crippen LogP contribution in [0.5, 0.6) is 0 Å². The molecule has 0 N–H and O–H groups in total. The molecule has 0 spiro atoms. The van der Waals surface area contributed by atoms with E-state index in [9.17, 15) is 0 Å². The lowest BCUT2D eigenvalue weighted by atomic mass is 10.3. The van der Waals surface area contributed by atoms with Crippen molar-refractivity contribution in [2.45, 2.75) is 12.8 Å². The van der Waals surface area contributed by atoms with Crippen molar-refractivity contribution >= 4 is 19.2 Å². The Morgan fingerprint density at radius 2 is 2.33 bits per heavy atom. The number of allylic oxidation sites excluding steroid dienone is 2. The molecule has 0 fully saturated rings. The highest BCUT2D eigenvalue weighted by Gasteiger charge is 1.76. The second kappa shape index (κ2) is 7.95. The summed E-state index contributed by atoms with van der Waals surface area (Å²) >= 11 is 5.43. The van der Waals surface area contributed by atoms with E-state index in [0.29, 0.717) is 14.4 Å². The summed E-state index contributed by atoms with van der Waals surface area (Å²) in [4.78, 5) is 0. The molecule has 50 valence electrons. The Kier molecular flexibility index (Phi) is 7.91. The first-order valence-corrected chi connectivity index (χ1v) is 4.99. The third-order valence-corrected chi connectivity index (χ3v) is 1.64. The summed E-state index contributed by atoms with van der Waals surface area (Å²) in [5, 5.41) is 8.11. The first-order valence-electron chi connectivity index (χ1n) is 2.77. The standard InChI is InChI=1S/C6H9ClNP/c7-9-6-4-2-1-3-5-8/h2,4,9H,1,3,6H2. The van der Waals surface area contributed by atoms with Crippen molar-refractivity contribution in [1.82, 2.24) is 0 Å². The lowest BCUT2D eigenvalue weighted by molar-refractivity contribution is 1.06. The molecule has 0 saturated carbocycles. The van der Waals surface area contributed by atoms with E-state index in [1.54, 1.807) is 0 Å². The molecular formula is C6H9ClNP. The first-order chi connectivity index (χ1) is 4.41. The van der Waals surface area contributed by atoms with Crippen LogP contribution < -0.4 is 0 Å². The van der Waals surface area contributed by atoms with Gasteiger partial charge >= 0.3 is 0 Å². The largest absolute Gasteiger partial charge is 0.198 e. The van der Waals surface area contributed by atoms with Crippen LogP contribution in [0.3, 0.4) is 0 Å². The van der Waals surface area contributed by atoms with E-state index in [4.69, 9.17) is 16.5 Å². The summed E-state index contributed by atoms with van der Waals surface area (Å²) in [6.07, 6.45) is 6.42. The van der Waals surface area contributed by atoms with Crippen LogP contribution in [0.25, 0.3) is 0 Å². The zero-order valence-electron chi connectivity index (χ0n) is 5.10. The molecule has 0 aromatic heterocycles. The van der Waals surface area contributed by atoms with Gasteiger partial charge in [-0.3, -0.25) is 0 Å². The summed E-state index contributed by atoms with van der Waals surface area (Å²) in [6, 6.07) is 2.06. The zero-order valence-corrected chi connectivity index (χ0v) is 6.86. The minimum Gasteiger partial charge on any atom is -0.198 e. The molecular weight excluding hydrogens is 152 g/mol. The monoisotopic (exact) mass is 161 g/mol. The van der Waals surface area contributed by atoms with Crippen molar-refractivity contribution in [3.05, 3.63) is 12.2 Å². The molecule has 0 heterocycles. The summed E-state index contributed by atoms with van der Waals surface area (Å²) in [7, 11) is 0.472. The summed E-state index contributed by atoms with van der Waals surface area (Å²) in [5.74, 6) is 0. The highest BCUT2D eigenvalue weighted by molar-refractivity contribution is 7.68. The minimum absolute atomic E-state index is 0.472. The van der Waals surface area contributed by atoms with E-state index in [-0.39, 0.29) is 0 Å². The summed E-state index contributed by atoms with van der Waals surface area (Å²) in [6.45, 7) is 0. The normalized spacial score (nSPS) is 11.1. The third kappa shape index (κ3) is 7.95. The number of nitrogens with zero attached hydrogens (tertiary/aromatic N) is 1. The van der Waals surface area contributed by atoms with Crippen LogP contribution in [0.1, 0.15) is 12.8 Å². The van der Waals surface area contributed by atoms with Crippen LogP contribution in [0, 0.1) is 11.3 Å². The van der Waals surface area contributed by atoms with Gasteiger partial charge in [-0.2, -0.15) is 5.26 Å². The number of halogens is 1. The van der Waals surface area contributed by atoms with Crippen molar-refractivity contribution in [2.75, 3.05) is 6.16 Å². The average molecular weight is 162 g/mol. The molecule has 0 radical (unpaired) electrons. The molecule has 0 aliphatic heterocycles. The van der Waals surface area contributed by atoms with Gasteiger partial charge in [-0.05, 0) is 20.5 Å². The van der Waals surface area contributed by atoms with Gasteiger partial charge in [0.25, 0.3) is 0 Å². The predicted octanol–water partition coefficient (Wildman–Crippen LogP) is 2.68. The molecule has 0 aromatic carbocycles. The molecule has 0 rings (SSSR count).